The zero-order chi connectivity index (χ0) is 26.8. The highest BCUT2D eigenvalue weighted by Gasteiger charge is 2.37. The fraction of sp³-hybridized carbons (Fsp3) is 0.0541. The minimum Gasteiger partial charge on any atom is -0.264 e. The van der Waals surface area contributed by atoms with Gasteiger partial charge in [0.25, 0.3) is 0 Å². The molecule has 0 bridgehead atoms. The summed E-state index contributed by atoms with van der Waals surface area (Å²) in [4.78, 5) is 7.19. The lowest BCUT2D eigenvalue weighted by molar-refractivity contribution is 1.36. The standard InChI is InChI=1S/C37H27NSSi/c1-40(2)34-17-8-7-13-27(34)32-22-25(18-19-35(32)40)39-37-30-15-6-5-14-29(30)36(33-23-38-21-20-31(33)37)28-16-9-11-24-10-3-4-12-26(24)28/h3-23H,1-2H3. The molecule has 0 amide bonds. The molecule has 0 saturated heterocycles. The Hall–Kier alpha value is -4.18. The second-order valence-electron chi connectivity index (χ2n) is 11.2. The summed E-state index contributed by atoms with van der Waals surface area (Å²) in [7, 11) is -1.67. The second-order valence-corrected chi connectivity index (χ2v) is 16.6. The Morgan fingerprint density at radius 2 is 1.23 bits per heavy atom. The molecule has 0 N–H and O–H groups in total. The smallest absolute Gasteiger partial charge is 0.113 e. The van der Waals surface area contributed by atoms with Crippen molar-refractivity contribution in [3.05, 3.63) is 128 Å². The Kier molecular flexibility index (Phi) is 5.28. The van der Waals surface area contributed by atoms with Crippen molar-refractivity contribution in [2.24, 2.45) is 0 Å². The largest absolute Gasteiger partial charge is 0.264 e. The van der Waals surface area contributed by atoms with E-state index in [0.717, 1.165) is 0 Å². The number of benzene rings is 6. The zero-order valence-corrected chi connectivity index (χ0v) is 24.3. The SMILES string of the molecule is C[Si]1(C)c2ccccc2-c2cc(Sc3c4ccccc4c(-c4cccc5ccccc45)c4cnccc34)ccc21. The van der Waals surface area contributed by atoms with Gasteiger partial charge in [-0.05, 0) is 77.8 Å². The molecule has 6 aromatic carbocycles. The molecule has 1 aromatic heterocycles. The van der Waals surface area contributed by atoms with Crippen LogP contribution in [0.5, 0.6) is 0 Å². The molecular weight excluding hydrogens is 519 g/mol. The van der Waals surface area contributed by atoms with Crippen molar-refractivity contribution in [2.75, 3.05) is 0 Å². The Bertz CT molecular complexity index is 2070. The fourth-order valence-electron chi connectivity index (χ4n) is 6.71. The van der Waals surface area contributed by atoms with Crippen molar-refractivity contribution < 1.29 is 0 Å². The molecule has 1 aliphatic rings. The summed E-state index contributed by atoms with van der Waals surface area (Å²) in [6.45, 7) is 4.95. The third-order valence-corrected chi connectivity index (χ3v) is 13.3. The highest BCUT2D eigenvalue weighted by molar-refractivity contribution is 7.99. The van der Waals surface area contributed by atoms with Gasteiger partial charge < -0.3 is 0 Å². The molecule has 2 heterocycles. The molecule has 0 fully saturated rings. The van der Waals surface area contributed by atoms with Gasteiger partial charge in [-0.2, -0.15) is 0 Å². The maximum absolute atomic E-state index is 4.62. The number of hydrogen-bond donors (Lipinski definition) is 0. The van der Waals surface area contributed by atoms with E-state index in [1.54, 1.807) is 10.4 Å². The molecule has 0 spiro atoms. The van der Waals surface area contributed by atoms with Gasteiger partial charge >= 0.3 is 0 Å². The molecule has 0 aliphatic carbocycles. The van der Waals surface area contributed by atoms with Crippen LogP contribution >= 0.6 is 11.8 Å². The molecule has 0 atom stereocenters. The van der Waals surface area contributed by atoms with E-state index in [2.05, 4.69) is 140 Å². The highest BCUT2D eigenvalue weighted by Crippen LogP contribution is 2.46. The zero-order valence-electron chi connectivity index (χ0n) is 22.5. The van der Waals surface area contributed by atoms with Crippen molar-refractivity contribution in [1.29, 1.82) is 0 Å². The van der Waals surface area contributed by atoms with Gasteiger partial charge in [-0.3, -0.25) is 4.98 Å². The minimum atomic E-state index is -1.67. The van der Waals surface area contributed by atoms with E-state index in [-0.39, 0.29) is 0 Å². The quantitative estimate of drug-likeness (QED) is 0.162. The maximum atomic E-state index is 4.62. The number of rotatable bonds is 3. The van der Waals surface area contributed by atoms with Crippen LogP contribution in [0, 0.1) is 0 Å². The summed E-state index contributed by atoms with van der Waals surface area (Å²) < 4.78 is 0. The van der Waals surface area contributed by atoms with Crippen molar-refractivity contribution in [2.45, 2.75) is 22.9 Å². The Morgan fingerprint density at radius 1 is 0.550 bits per heavy atom. The van der Waals surface area contributed by atoms with Gasteiger partial charge in [0.1, 0.15) is 8.07 Å². The number of pyridine rings is 1. The van der Waals surface area contributed by atoms with Crippen LogP contribution in [-0.4, -0.2) is 13.1 Å². The lowest BCUT2D eigenvalue weighted by atomic mass is 9.90. The third-order valence-electron chi connectivity index (χ3n) is 8.61. The van der Waals surface area contributed by atoms with Crippen LogP contribution in [0.15, 0.2) is 137 Å². The fourth-order valence-corrected chi connectivity index (χ4v) is 10.9. The first-order valence-corrected chi connectivity index (χ1v) is 17.6. The summed E-state index contributed by atoms with van der Waals surface area (Å²) in [6, 6.07) is 42.6. The van der Waals surface area contributed by atoms with Gasteiger partial charge in [-0.25, -0.2) is 0 Å². The first-order valence-electron chi connectivity index (χ1n) is 13.8. The first kappa shape index (κ1) is 23.7. The minimum absolute atomic E-state index is 1.19. The summed E-state index contributed by atoms with van der Waals surface area (Å²) in [5.41, 5.74) is 5.35. The number of hydrogen-bond acceptors (Lipinski definition) is 2. The lowest BCUT2D eigenvalue weighted by Crippen LogP contribution is -2.49. The maximum Gasteiger partial charge on any atom is 0.113 e. The van der Waals surface area contributed by atoms with E-state index in [9.17, 15) is 0 Å². The van der Waals surface area contributed by atoms with Gasteiger partial charge in [-0.1, -0.05) is 122 Å². The van der Waals surface area contributed by atoms with Crippen LogP contribution < -0.4 is 10.4 Å². The van der Waals surface area contributed by atoms with Gasteiger partial charge in [0.2, 0.25) is 0 Å². The summed E-state index contributed by atoms with van der Waals surface area (Å²) in [5.74, 6) is 0. The molecule has 40 heavy (non-hydrogen) atoms. The molecule has 0 saturated carbocycles. The van der Waals surface area contributed by atoms with Gasteiger partial charge in [-0.15, -0.1) is 0 Å². The van der Waals surface area contributed by atoms with E-state index in [1.807, 2.05) is 18.0 Å². The third kappa shape index (κ3) is 3.45. The van der Waals surface area contributed by atoms with Gasteiger partial charge in [0, 0.05) is 27.6 Å². The van der Waals surface area contributed by atoms with Crippen molar-refractivity contribution in [3.8, 4) is 22.3 Å². The molecule has 1 nitrogen and oxygen atoms in total. The van der Waals surface area contributed by atoms with E-state index >= 15 is 0 Å². The number of nitrogens with zero attached hydrogens (tertiary/aromatic N) is 1. The van der Waals surface area contributed by atoms with Crippen LogP contribution in [0.2, 0.25) is 13.1 Å². The predicted molar refractivity (Wildman–Crippen MR) is 175 cm³/mol. The number of fused-ring (bicyclic) bond motifs is 6. The number of aromatic nitrogens is 1. The normalized spacial score (nSPS) is 13.6. The molecule has 0 unspecified atom stereocenters. The molecule has 0 radical (unpaired) electrons. The Balaban J connectivity index is 1.37. The summed E-state index contributed by atoms with van der Waals surface area (Å²) >= 11 is 1.88. The average Bonchev–Trinajstić information content (AvgIpc) is 3.23. The molecule has 8 rings (SSSR count). The topological polar surface area (TPSA) is 12.9 Å². The molecular formula is C37H27NSSi. The van der Waals surface area contributed by atoms with Crippen molar-refractivity contribution in [3.63, 3.8) is 0 Å². The highest BCUT2D eigenvalue weighted by atomic mass is 32.2. The van der Waals surface area contributed by atoms with Crippen LogP contribution in [0.25, 0.3) is 54.6 Å². The Labute approximate surface area is 239 Å². The van der Waals surface area contributed by atoms with E-state index in [1.165, 1.54) is 64.4 Å². The summed E-state index contributed by atoms with van der Waals surface area (Å²) in [6.07, 6.45) is 3.98. The molecule has 1 aliphatic heterocycles. The lowest BCUT2D eigenvalue weighted by Gasteiger charge is -2.19. The van der Waals surface area contributed by atoms with Crippen molar-refractivity contribution in [1.82, 2.24) is 4.98 Å². The van der Waals surface area contributed by atoms with E-state index in [4.69, 9.17) is 0 Å². The first-order chi connectivity index (χ1) is 19.6. The van der Waals surface area contributed by atoms with Crippen LogP contribution in [0.3, 0.4) is 0 Å². The predicted octanol–water partition coefficient (Wildman–Crippen LogP) is 9.16. The van der Waals surface area contributed by atoms with Crippen LogP contribution in [-0.2, 0) is 0 Å². The van der Waals surface area contributed by atoms with Crippen LogP contribution in [0.1, 0.15) is 0 Å². The average molecular weight is 546 g/mol. The second kappa shape index (κ2) is 8.92. The van der Waals surface area contributed by atoms with Crippen LogP contribution in [0.4, 0.5) is 0 Å². The molecule has 3 heteroatoms. The molecule has 7 aromatic rings. The van der Waals surface area contributed by atoms with Crippen molar-refractivity contribution >= 4 is 62.5 Å². The monoisotopic (exact) mass is 545 g/mol. The summed E-state index contributed by atoms with van der Waals surface area (Å²) in [5, 5.41) is 10.6. The van der Waals surface area contributed by atoms with Gasteiger partial charge in [0.15, 0.2) is 0 Å². The van der Waals surface area contributed by atoms with Gasteiger partial charge in [0.05, 0.1) is 0 Å². The van der Waals surface area contributed by atoms with E-state index < -0.39 is 8.07 Å². The Morgan fingerprint density at radius 3 is 2.12 bits per heavy atom. The molecule has 190 valence electrons. The van der Waals surface area contributed by atoms with E-state index in [0.29, 0.717) is 0 Å².